The number of pyridine rings is 1. The van der Waals surface area contributed by atoms with Gasteiger partial charge in [-0.15, -0.1) is 0 Å². The first-order valence-electron chi connectivity index (χ1n) is 14.7. The van der Waals surface area contributed by atoms with Crippen molar-refractivity contribution in [3.63, 3.8) is 0 Å². The third kappa shape index (κ3) is 5.32. The van der Waals surface area contributed by atoms with Crippen LogP contribution in [0.5, 0.6) is 0 Å². The summed E-state index contributed by atoms with van der Waals surface area (Å²) in [6.45, 7) is 5.58. The summed E-state index contributed by atoms with van der Waals surface area (Å²) in [6, 6.07) is 15.4. The van der Waals surface area contributed by atoms with Gasteiger partial charge < -0.3 is 15.5 Å². The number of primary amides is 1. The van der Waals surface area contributed by atoms with Crippen molar-refractivity contribution in [2.75, 3.05) is 0 Å². The van der Waals surface area contributed by atoms with Gasteiger partial charge in [0.05, 0.1) is 51.7 Å². The first kappa shape index (κ1) is 30.4. The molecule has 2 aromatic heterocycles. The third-order valence-electron chi connectivity index (χ3n) is 8.23. The minimum atomic E-state index is -0.783. The fourth-order valence-electron chi connectivity index (χ4n) is 6.16. The van der Waals surface area contributed by atoms with E-state index in [-0.39, 0.29) is 45.1 Å². The predicted molar refractivity (Wildman–Crippen MR) is 166 cm³/mol. The fraction of sp³-hybridized carbons (Fsp3) is 0.229. The Labute approximate surface area is 262 Å². The maximum absolute atomic E-state index is 14.9. The number of nitrogens with two attached hydrogens (primary N) is 1. The Morgan fingerprint density at radius 3 is 2.46 bits per heavy atom. The lowest BCUT2D eigenvalue weighted by Gasteiger charge is -2.19. The molecule has 46 heavy (non-hydrogen) atoms. The number of nitrogens with one attached hydrogen (secondary N) is 1. The monoisotopic (exact) mass is 621 g/mol. The van der Waals surface area contributed by atoms with Gasteiger partial charge in [-0.25, -0.2) is 13.6 Å². The van der Waals surface area contributed by atoms with Crippen molar-refractivity contribution < 1.29 is 22.8 Å². The van der Waals surface area contributed by atoms with Crippen molar-refractivity contribution >= 4 is 22.9 Å². The second kappa shape index (κ2) is 11.7. The summed E-state index contributed by atoms with van der Waals surface area (Å²) in [7, 11) is 0. The molecule has 3 heterocycles. The highest BCUT2D eigenvalue weighted by Gasteiger charge is 2.37. The van der Waals surface area contributed by atoms with Gasteiger partial charge >= 0.3 is 5.76 Å². The number of hydrogen-bond acceptors (Lipinski definition) is 6. The lowest BCUT2D eigenvalue weighted by atomic mass is 9.88. The molecule has 0 spiro atoms. The van der Waals surface area contributed by atoms with Crippen molar-refractivity contribution in [1.29, 1.82) is 5.26 Å². The highest BCUT2D eigenvalue weighted by atomic mass is 19.1. The largest absolute Gasteiger partial charge is 0.420 e. The van der Waals surface area contributed by atoms with Crippen molar-refractivity contribution in [1.82, 2.24) is 14.9 Å². The number of carbonyl (C=O) groups is 2. The number of benzene rings is 3. The Bertz CT molecular complexity index is 2140. The quantitative estimate of drug-likeness (QED) is 0.226. The Balaban J connectivity index is 1.52. The van der Waals surface area contributed by atoms with Gasteiger partial charge in [-0.3, -0.25) is 19.1 Å². The number of aromatic nitrogens is 2. The number of hydrogen-bond donors (Lipinski definition) is 2. The average molecular weight is 622 g/mol. The zero-order chi connectivity index (χ0) is 32.9. The molecule has 0 aliphatic carbocycles. The molecule has 0 fully saturated rings. The van der Waals surface area contributed by atoms with Crippen molar-refractivity contribution in [2.45, 2.75) is 45.7 Å². The standard InChI is InChI=1S/C35H29F2N5O4/c1-17(2)12-25-30(33(39)43)29(31-32(40-25)26(41-34(31)44)14-19-4-8-22(36)9-5-19)21-7-11-27-28(15-21)46-35(45)42(27)18(3)23-10-6-20(16-38)13-24(23)37/h4-11,13,15,17-18,26H,12,14H2,1-3H3,(H2,39,43)(H,41,44). The first-order chi connectivity index (χ1) is 22.0. The van der Waals surface area contributed by atoms with Crippen LogP contribution < -0.4 is 16.8 Å². The van der Waals surface area contributed by atoms with Gasteiger partial charge in [0.2, 0.25) is 0 Å². The summed E-state index contributed by atoms with van der Waals surface area (Å²) in [5.74, 6) is -2.88. The van der Waals surface area contributed by atoms with Gasteiger partial charge in [0, 0.05) is 11.1 Å². The smallest absolute Gasteiger partial charge is 0.408 e. The molecule has 9 nitrogen and oxygen atoms in total. The molecular formula is C35H29F2N5O4. The van der Waals surface area contributed by atoms with Gasteiger partial charge in [-0.1, -0.05) is 38.1 Å². The van der Waals surface area contributed by atoms with Crippen molar-refractivity contribution in [3.05, 3.63) is 122 Å². The Morgan fingerprint density at radius 2 is 1.80 bits per heavy atom. The average Bonchev–Trinajstić information content (AvgIpc) is 3.50. The molecule has 0 saturated carbocycles. The zero-order valence-corrected chi connectivity index (χ0v) is 25.2. The molecule has 2 amide bonds. The minimum absolute atomic E-state index is 0.0933. The van der Waals surface area contributed by atoms with Crippen LogP contribution in [0.2, 0.25) is 0 Å². The van der Waals surface area contributed by atoms with Crippen LogP contribution in [-0.2, 0) is 12.8 Å². The van der Waals surface area contributed by atoms with Crippen LogP contribution in [0.25, 0.3) is 22.2 Å². The zero-order valence-electron chi connectivity index (χ0n) is 25.2. The normalized spacial score (nSPS) is 14.7. The number of nitrogens with zero attached hydrogens (tertiary/aromatic N) is 3. The number of fused-ring (bicyclic) bond motifs is 2. The first-order valence-corrected chi connectivity index (χ1v) is 14.7. The number of amides is 2. The topological polar surface area (TPSA) is 144 Å². The van der Waals surface area contributed by atoms with Crippen LogP contribution in [0.3, 0.4) is 0 Å². The molecule has 3 N–H and O–H groups in total. The van der Waals surface area contributed by atoms with E-state index in [1.165, 1.54) is 28.8 Å². The van der Waals surface area contributed by atoms with Crippen LogP contribution >= 0.6 is 0 Å². The molecule has 6 rings (SSSR count). The van der Waals surface area contributed by atoms with E-state index in [0.29, 0.717) is 35.3 Å². The maximum atomic E-state index is 14.9. The van der Waals surface area contributed by atoms with Gasteiger partial charge in [0.1, 0.15) is 11.6 Å². The molecule has 2 atom stereocenters. The summed E-state index contributed by atoms with van der Waals surface area (Å²) in [5, 5.41) is 12.1. The molecular weight excluding hydrogens is 592 g/mol. The lowest BCUT2D eigenvalue weighted by Crippen LogP contribution is -2.21. The summed E-state index contributed by atoms with van der Waals surface area (Å²) < 4.78 is 35.4. The summed E-state index contributed by atoms with van der Waals surface area (Å²) >= 11 is 0. The Kier molecular flexibility index (Phi) is 7.74. The number of nitriles is 1. The van der Waals surface area contributed by atoms with Gasteiger partial charge in [0.15, 0.2) is 5.58 Å². The minimum Gasteiger partial charge on any atom is -0.408 e. The lowest BCUT2D eigenvalue weighted by molar-refractivity contribution is 0.0956. The highest BCUT2D eigenvalue weighted by molar-refractivity contribution is 6.12. The van der Waals surface area contributed by atoms with E-state index >= 15 is 0 Å². The maximum Gasteiger partial charge on any atom is 0.420 e. The SMILES string of the molecule is CC(C)Cc1nc2c(c(-c3ccc4c(c3)oc(=O)n4C(C)c3ccc(C#N)cc3F)c1C(N)=O)C(=O)NC2Cc1ccc(F)cc1. The van der Waals surface area contributed by atoms with Crippen LogP contribution in [0, 0.1) is 28.9 Å². The third-order valence-corrected chi connectivity index (χ3v) is 8.23. The second-order valence-corrected chi connectivity index (χ2v) is 11.8. The number of carbonyl (C=O) groups excluding carboxylic acids is 2. The predicted octanol–water partition coefficient (Wildman–Crippen LogP) is 5.74. The van der Waals surface area contributed by atoms with Crippen LogP contribution in [0.1, 0.15) is 81.6 Å². The summed E-state index contributed by atoms with van der Waals surface area (Å²) in [4.78, 5) is 44.5. The molecule has 232 valence electrons. The van der Waals surface area contributed by atoms with Crippen molar-refractivity contribution in [2.24, 2.45) is 11.7 Å². The van der Waals surface area contributed by atoms with E-state index in [0.717, 1.165) is 11.6 Å². The van der Waals surface area contributed by atoms with E-state index in [1.807, 2.05) is 19.9 Å². The van der Waals surface area contributed by atoms with E-state index in [9.17, 15) is 23.2 Å². The molecule has 11 heteroatoms. The van der Waals surface area contributed by atoms with Crippen LogP contribution in [-0.4, -0.2) is 21.4 Å². The van der Waals surface area contributed by atoms with Crippen LogP contribution in [0.4, 0.5) is 8.78 Å². The second-order valence-electron chi connectivity index (χ2n) is 11.8. The molecule has 5 aromatic rings. The molecule has 1 aliphatic rings. The summed E-state index contributed by atoms with van der Waals surface area (Å²) in [5.41, 5.74) is 9.40. The van der Waals surface area contributed by atoms with Gasteiger partial charge in [-0.2, -0.15) is 5.26 Å². The van der Waals surface area contributed by atoms with E-state index < -0.39 is 35.5 Å². The van der Waals surface area contributed by atoms with E-state index in [4.69, 9.17) is 20.4 Å². The number of rotatable bonds is 8. The number of halogens is 2. The van der Waals surface area contributed by atoms with Crippen molar-refractivity contribution in [3.8, 4) is 17.2 Å². The Hall–Kier alpha value is -5.63. The molecule has 0 bridgehead atoms. The van der Waals surface area contributed by atoms with Crippen LogP contribution in [0.15, 0.2) is 69.9 Å². The molecule has 0 saturated heterocycles. The molecule has 1 aliphatic heterocycles. The van der Waals surface area contributed by atoms with Gasteiger partial charge in [-0.05, 0) is 73.2 Å². The molecule has 0 radical (unpaired) electrons. The molecule has 3 aromatic carbocycles. The fourth-order valence-corrected chi connectivity index (χ4v) is 6.16. The number of oxazole rings is 1. The van der Waals surface area contributed by atoms with E-state index in [1.54, 1.807) is 37.3 Å². The highest BCUT2D eigenvalue weighted by Crippen LogP contribution is 2.40. The summed E-state index contributed by atoms with van der Waals surface area (Å²) in [6.07, 6.45) is 0.737. The van der Waals surface area contributed by atoms with E-state index in [2.05, 4.69) is 5.32 Å². The molecule has 2 unspecified atom stereocenters. The Morgan fingerprint density at radius 1 is 1.07 bits per heavy atom. The van der Waals surface area contributed by atoms with Gasteiger partial charge in [0.25, 0.3) is 11.8 Å².